The van der Waals surface area contributed by atoms with Gasteiger partial charge in [-0.15, -0.1) is 0 Å². The van der Waals surface area contributed by atoms with Gasteiger partial charge in [-0.3, -0.25) is 14.4 Å². The third-order valence-corrected chi connectivity index (χ3v) is 12.9. The molecule has 0 heterocycles. The molecule has 0 radical (unpaired) electrons. The molecular weight excluding hydrogens is 865 g/mol. The van der Waals surface area contributed by atoms with Crippen molar-refractivity contribution in [1.29, 1.82) is 0 Å². The summed E-state index contributed by atoms with van der Waals surface area (Å²) < 4.78 is 16.8. The fraction of sp³-hybridized carbons (Fsp3) is 0.766. The fourth-order valence-electron chi connectivity index (χ4n) is 8.47. The largest absolute Gasteiger partial charge is 0.462 e. The summed E-state index contributed by atoms with van der Waals surface area (Å²) in [5.41, 5.74) is 0. The van der Waals surface area contributed by atoms with E-state index in [4.69, 9.17) is 14.2 Å². The Hall–Kier alpha value is -3.15. The highest BCUT2D eigenvalue weighted by atomic mass is 16.6. The number of rotatable bonds is 54. The minimum Gasteiger partial charge on any atom is -0.462 e. The molecule has 0 aromatic rings. The average molecular weight is 978 g/mol. The molecule has 70 heavy (non-hydrogen) atoms. The molecule has 404 valence electrons. The zero-order valence-electron chi connectivity index (χ0n) is 46.3. The summed E-state index contributed by atoms with van der Waals surface area (Å²) >= 11 is 0. The quantitative estimate of drug-likeness (QED) is 0.0261. The third kappa shape index (κ3) is 55.8. The van der Waals surface area contributed by atoms with Crippen molar-refractivity contribution in [3.63, 3.8) is 0 Å². The van der Waals surface area contributed by atoms with Crippen LogP contribution >= 0.6 is 0 Å². The van der Waals surface area contributed by atoms with Crippen molar-refractivity contribution < 1.29 is 28.6 Å². The number of esters is 3. The summed E-state index contributed by atoms with van der Waals surface area (Å²) in [5, 5.41) is 0. The van der Waals surface area contributed by atoms with Gasteiger partial charge in [0.25, 0.3) is 0 Å². The Kier molecular flexibility index (Phi) is 55.8. The molecular formula is C64H112O6. The van der Waals surface area contributed by atoms with Crippen LogP contribution in [-0.4, -0.2) is 37.2 Å². The van der Waals surface area contributed by atoms with Crippen LogP contribution in [0.5, 0.6) is 0 Å². The molecule has 0 bridgehead atoms. The summed E-state index contributed by atoms with van der Waals surface area (Å²) in [7, 11) is 0. The molecule has 0 spiro atoms. The van der Waals surface area contributed by atoms with E-state index in [2.05, 4.69) is 93.7 Å². The molecule has 0 rings (SSSR count). The zero-order valence-corrected chi connectivity index (χ0v) is 46.3. The first-order chi connectivity index (χ1) is 34.5. The maximum atomic E-state index is 12.8. The summed E-state index contributed by atoms with van der Waals surface area (Å²) in [6.07, 6.45) is 74.7. The molecule has 0 amide bonds. The summed E-state index contributed by atoms with van der Waals surface area (Å²) in [4.78, 5) is 38.2. The minimum atomic E-state index is -0.806. The van der Waals surface area contributed by atoms with Gasteiger partial charge in [0, 0.05) is 19.3 Å². The predicted molar refractivity (Wildman–Crippen MR) is 302 cm³/mol. The minimum absolute atomic E-state index is 0.0967. The van der Waals surface area contributed by atoms with Crippen molar-refractivity contribution in [2.45, 2.75) is 303 Å². The highest BCUT2D eigenvalue weighted by Gasteiger charge is 2.19. The van der Waals surface area contributed by atoms with Crippen molar-refractivity contribution >= 4 is 17.9 Å². The lowest BCUT2D eigenvalue weighted by Gasteiger charge is -2.18. The van der Waals surface area contributed by atoms with E-state index in [-0.39, 0.29) is 37.5 Å². The lowest BCUT2D eigenvalue weighted by Crippen LogP contribution is -2.30. The normalized spacial score (nSPS) is 12.6. The topological polar surface area (TPSA) is 78.9 Å². The van der Waals surface area contributed by atoms with Crippen LogP contribution in [0, 0.1) is 0 Å². The van der Waals surface area contributed by atoms with Crippen molar-refractivity contribution in [1.82, 2.24) is 0 Å². The lowest BCUT2D eigenvalue weighted by molar-refractivity contribution is -0.167. The standard InChI is InChI=1S/C64H112O6/c1-4-7-10-13-16-19-22-25-28-31-32-34-36-39-42-45-48-51-54-57-63(66)69-60-61(59-68-62(65)56-53-50-47-44-41-38-35-30-27-24-21-18-15-12-9-6-3)70-64(67)58-55-52-49-46-43-40-37-33-29-26-23-20-17-14-11-8-5-2/h8,11,17,20,26,29,31-32,37,40,46,49,61H,4-7,9-10,12-16,18-19,21-25,27-28,30,33-36,38-39,41-45,47-48,50-60H2,1-3H3/b11-8-,20-17-,29-26-,32-31-,40-37-,49-46-. The molecule has 0 aromatic heterocycles. The van der Waals surface area contributed by atoms with Gasteiger partial charge in [-0.05, 0) is 83.5 Å². The summed E-state index contributed by atoms with van der Waals surface area (Å²) in [6, 6.07) is 0. The van der Waals surface area contributed by atoms with Crippen LogP contribution < -0.4 is 0 Å². The van der Waals surface area contributed by atoms with Gasteiger partial charge in [0.05, 0.1) is 0 Å². The highest BCUT2D eigenvalue weighted by Crippen LogP contribution is 2.16. The summed E-state index contributed by atoms with van der Waals surface area (Å²) in [6.45, 7) is 6.51. The van der Waals surface area contributed by atoms with Crippen molar-refractivity contribution in [3.8, 4) is 0 Å². The molecule has 6 nitrogen and oxygen atoms in total. The van der Waals surface area contributed by atoms with Crippen LogP contribution in [0.4, 0.5) is 0 Å². The van der Waals surface area contributed by atoms with Crippen molar-refractivity contribution in [2.75, 3.05) is 13.2 Å². The van der Waals surface area contributed by atoms with E-state index in [9.17, 15) is 14.4 Å². The van der Waals surface area contributed by atoms with Crippen LogP contribution in [0.1, 0.15) is 297 Å². The van der Waals surface area contributed by atoms with E-state index >= 15 is 0 Å². The van der Waals surface area contributed by atoms with Gasteiger partial charge in [0.2, 0.25) is 0 Å². The first-order valence-corrected chi connectivity index (χ1v) is 29.9. The monoisotopic (exact) mass is 977 g/mol. The van der Waals surface area contributed by atoms with Crippen LogP contribution in [0.15, 0.2) is 72.9 Å². The maximum absolute atomic E-state index is 12.8. The highest BCUT2D eigenvalue weighted by molar-refractivity contribution is 5.71. The second kappa shape index (κ2) is 58.4. The van der Waals surface area contributed by atoms with E-state index in [1.807, 2.05) is 0 Å². The van der Waals surface area contributed by atoms with Gasteiger partial charge < -0.3 is 14.2 Å². The van der Waals surface area contributed by atoms with Crippen molar-refractivity contribution in [2.24, 2.45) is 0 Å². The lowest BCUT2D eigenvalue weighted by atomic mass is 10.0. The molecule has 1 unspecified atom stereocenters. The first-order valence-electron chi connectivity index (χ1n) is 29.9. The molecule has 0 aliphatic rings. The Morgan fingerprint density at radius 3 is 0.929 bits per heavy atom. The van der Waals surface area contributed by atoms with E-state index in [1.54, 1.807) is 0 Å². The number of allylic oxidation sites excluding steroid dienone is 12. The van der Waals surface area contributed by atoms with Crippen LogP contribution in [0.2, 0.25) is 0 Å². The second-order valence-electron chi connectivity index (χ2n) is 19.9. The third-order valence-electron chi connectivity index (χ3n) is 12.9. The number of ether oxygens (including phenoxy) is 3. The molecule has 6 heteroatoms. The smallest absolute Gasteiger partial charge is 0.306 e. The van der Waals surface area contributed by atoms with Gasteiger partial charge >= 0.3 is 17.9 Å². The number of unbranched alkanes of at least 4 members (excludes halogenated alkanes) is 31. The van der Waals surface area contributed by atoms with Crippen molar-refractivity contribution in [3.05, 3.63) is 72.9 Å². The Labute approximate surface area is 433 Å². The van der Waals surface area contributed by atoms with E-state index in [1.165, 1.54) is 173 Å². The van der Waals surface area contributed by atoms with E-state index < -0.39 is 6.10 Å². The molecule has 0 saturated heterocycles. The molecule has 0 N–H and O–H groups in total. The zero-order chi connectivity index (χ0) is 50.7. The summed E-state index contributed by atoms with van der Waals surface area (Å²) in [5.74, 6) is -0.948. The molecule has 0 fully saturated rings. The number of hydrogen-bond donors (Lipinski definition) is 0. The van der Waals surface area contributed by atoms with E-state index in [0.29, 0.717) is 19.3 Å². The number of carbonyl (C=O) groups excluding carboxylic acids is 3. The number of carbonyl (C=O) groups is 3. The molecule has 0 aliphatic carbocycles. The molecule has 0 aliphatic heterocycles. The SMILES string of the molecule is CC/C=C\C/C=C\C/C=C\C/C=C\C/C=C\CCCC(=O)OC(COC(=O)CCCCCCCCC/C=C\CCCCCCCCCC)COC(=O)CCCCCCCCCCCCCCCCCC. The molecule has 0 saturated carbocycles. The van der Waals surface area contributed by atoms with E-state index in [0.717, 1.165) is 77.0 Å². The van der Waals surface area contributed by atoms with Crippen LogP contribution in [0.25, 0.3) is 0 Å². The average Bonchev–Trinajstić information content (AvgIpc) is 3.36. The fourth-order valence-corrected chi connectivity index (χ4v) is 8.47. The Morgan fingerprint density at radius 1 is 0.300 bits per heavy atom. The Morgan fingerprint density at radius 2 is 0.571 bits per heavy atom. The Balaban J connectivity index is 4.44. The van der Waals surface area contributed by atoms with Gasteiger partial charge in [0.1, 0.15) is 13.2 Å². The maximum Gasteiger partial charge on any atom is 0.306 e. The first kappa shape index (κ1) is 66.9. The second-order valence-corrected chi connectivity index (χ2v) is 19.9. The van der Waals surface area contributed by atoms with Crippen LogP contribution in [0.3, 0.4) is 0 Å². The Bertz CT molecular complexity index is 1310. The van der Waals surface area contributed by atoms with Gasteiger partial charge in [-0.2, -0.15) is 0 Å². The van der Waals surface area contributed by atoms with Crippen LogP contribution in [-0.2, 0) is 28.6 Å². The molecule has 0 aromatic carbocycles. The van der Waals surface area contributed by atoms with Gasteiger partial charge in [0.15, 0.2) is 6.10 Å². The predicted octanol–water partition coefficient (Wildman–Crippen LogP) is 20.2. The number of hydrogen-bond acceptors (Lipinski definition) is 6. The van der Waals surface area contributed by atoms with Gasteiger partial charge in [-0.1, -0.05) is 267 Å². The van der Waals surface area contributed by atoms with Gasteiger partial charge in [-0.25, -0.2) is 0 Å². The molecule has 1 atom stereocenters.